The molecule has 0 saturated heterocycles. The van der Waals surface area contributed by atoms with Gasteiger partial charge in [-0.3, -0.25) is 0 Å². The first-order chi connectivity index (χ1) is 9.79. The summed E-state index contributed by atoms with van der Waals surface area (Å²) in [4.78, 5) is 5.05. The van der Waals surface area contributed by atoms with Crippen molar-refractivity contribution in [3.8, 4) is 0 Å². The monoisotopic (exact) mass is 297 g/mol. The predicted octanol–water partition coefficient (Wildman–Crippen LogP) is 3.21. The summed E-state index contributed by atoms with van der Waals surface area (Å²) in [6, 6.07) is 0.576. The summed E-state index contributed by atoms with van der Waals surface area (Å²) >= 11 is 0. The minimum Gasteiger partial charge on any atom is -0.314 e. The van der Waals surface area contributed by atoms with Gasteiger partial charge in [0.15, 0.2) is 0 Å². The summed E-state index contributed by atoms with van der Waals surface area (Å²) in [7, 11) is 6.82. The van der Waals surface area contributed by atoms with Gasteiger partial charge in [-0.15, -0.1) is 0 Å². The third-order valence-corrected chi connectivity index (χ3v) is 5.79. The zero-order valence-corrected chi connectivity index (χ0v) is 15.6. The molecule has 0 atom stereocenters. The topological polar surface area (TPSA) is 18.5 Å². The van der Waals surface area contributed by atoms with Gasteiger partial charge in [0.25, 0.3) is 0 Å². The molecule has 0 spiro atoms. The average molecular weight is 298 g/mol. The highest BCUT2D eigenvalue weighted by Crippen LogP contribution is 2.37. The third kappa shape index (κ3) is 4.94. The van der Waals surface area contributed by atoms with Gasteiger partial charge in [0, 0.05) is 31.2 Å². The lowest BCUT2D eigenvalue weighted by Crippen LogP contribution is -2.58. The van der Waals surface area contributed by atoms with E-state index in [4.69, 9.17) is 0 Å². The van der Waals surface area contributed by atoms with Gasteiger partial charge >= 0.3 is 0 Å². The van der Waals surface area contributed by atoms with E-state index in [2.05, 4.69) is 64.0 Å². The van der Waals surface area contributed by atoms with E-state index in [1.807, 2.05) is 0 Å². The summed E-state index contributed by atoms with van der Waals surface area (Å²) in [5.41, 5.74) is 0.851. The first-order valence-corrected chi connectivity index (χ1v) is 8.88. The largest absolute Gasteiger partial charge is 0.314 e. The smallest absolute Gasteiger partial charge is 0.0330 e. The molecule has 3 heteroatoms. The fourth-order valence-corrected chi connectivity index (χ4v) is 3.66. The van der Waals surface area contributed by atoms with Crippen LogP contribution in [0.2, 0.25) is 0 Å². The van der Waals surface area contributed by atoms with Crippen molar-refractivity contribution in [2.75, 3.05) is 40.8 Å². The SMILES string of the molecule is CCC(CC)(CNC(C)C)CN(C)CC1(N(C)C)CCC1. The van der Waals surface area contributed by atoms with Crippen LogP contribution in [0.3, 0.4) is 0 Å². The van der Waals surface area contributed by atoms with E-state index in [9.17, 15) is 0 Å². The Morgan fingerprint density at radius 1 is 1.10 bits per heavy atom. The molecule has 0 bridgehead atoms. The van der Waals surface area contributed by atoms with Crippen molar-refractivity contribution in [2.45, 2.75) is 71.4 Å². The van der Waals surface area contributed by atoms with E-state index in [1.165, 1.54) is 45.2 Å². The van der Waals surface area contributed by atoms with Crippen LogP contribution >= 0.6 is 0 Å². The standard InChI is InChI=1S/C18H39N3/c1-8-17(9-2,13-19-16(3)4)14-21(7)15-18(20(5)6)11-10-12-18/h16,19H,8-15H2,1-7H3. The van der Waals surface area contributed by atoms with Crippen molar-refractivity contribution < 1.29 is 0 Å². The Morgan fingerprint density at radius 2 is 1.67 bits per heavy atom. The van der Waals surface area contributed by atoms with E-state index in [0.29, 0.717) is 17.0 Å². The quantitative estimate of drug-likeness (QED) is 0.668. The molecule has 0 amide bonds. The second kappa shape index (κ2) is 7.94. The molecule has 1 aliphatic rings. The lowest BCUT2D eigenvalue weighted by molar-refractivity contribution is 0.0141. The van der Waals surface area contributed by atoms with Crippen LogP contribution in [0, 0.1) is 5.41 Å². The van der Waals surface area contributed by atoms with E-state index in [-0.39, 0.29) is 0 Å². The van der Waals surface area contributed by atoms with Gasteiger partial charge < -0.3 is 15.1 Å². The predicted molar refractivity (Wildman–Crippen MR) is 93.9 cm³/mol. The zero-order chi connectivity index (χ0) is 16.1. The van der Waals surface area contributed by atoms with Crippen molar-refractivity contribution >= 4 is 0 Å². The highest BCUT2D eigenvalue weighted by molar-refractivity contribution is 4.98. The maximum atomic E-state index is 3.67. The molecule has 1 N–H and O–H groups in total. The summed E-state index contributed by atoms with van der Waals surface area (Å²) in [6.07, 6.45) is 6.62. The van der Waals surface area contributed by atoms with Crippen LogP contribution in [0.4, 0.5) is 0 Å². The molecule has 0 unspecified atom stereocenters. The molecule has 0 aliphatic heterocycles. The third-order valence-electron chi connectivity index (χ3n) is 5.79. The summed E-state index contributed by atoms with van der Waals surface area (Å²) < 4.78 is 0. The second-order valence-electron chi connectivity index (χ2n) is 7.89. The molecule has 0 aromatic heterocycles. The highest BCUT2D eigenvalue weighted by Gasteiger charge is 2.40. The molecule has 1 saturated carbocycles. The van der Waals surface area contributed by atoms with Crippen LogP contribution in [-0.4, -0.2) is 62.2 Å². The minimum absolute atomic E-state index is 0.413. The molecular weight excluding hydrogens is 258 g/mol. The molecule has 3 nitrogen and oxygen atoms in total. The van der Waals surface area contributed by atoms with Gasteiger partial charge in [-0.2, -0.15) is 0 Å². The van der Waals surface area contributed by atoms with Crippen molar-refractivity contribution in [3.05, 3.63) is 0 Å². The number of nitrogens with one attached hydrogen (secondary N) is 1. The Labute approximate surface area is 133 Å². The zero-order valence-electron chi connectivity index (χ0n) is 15.6. The van der Waals surface area contributed by atoms with Crippen LogP contribution in [0.15, 0.2) is 0 Å². The van der Waals surface area contributed by atoms with Crippen LogP contribution in [-0.2, 0) is 0 Å². The van der Waals surface area contributed by atoms with E-state index in [1.54, 1.807) is 0 Å². The minimum atomic E-state index is 0.413. The van der Waals surface area contributed by atoms with Gasteiger partial charge in [0.05, 0.1) is 0 Å². The van der Waals surface area contributed by atoms with Gasteiger partial charge in [0.1, 0.15) is 0 Å². The van der Waals surface area contributed by atoms with Gasteiger partial charge in [-0.25, -0.2) is 0 Å². The molecule has 1 aliphatic carbocycles. The van der Waals surface area contributed by atoms with E-state index < -0.39 is 0 Å². The lowest BCUT2D eigenvalue weighted by atomic mass is 9.74. The summed E-state index contributed by atoms with van der Waals surface area (Å²) in [5, 5.41) is 3.67. The number of likely N-dealkylation sites (N-methyl/N-ethyl adjacent to an activating group) is 2. The fraction of sp³-hybridized carbons (Fsp3) is 1.00. The Morgan fingerprint density at radius 3 is 2.00 bits per heavy atom. The Bertz CT molecular complexity index is 291. The maximum Gasteiger partial charge on any atom is 0.0330 e. The molecule has 21 heavy (non-hydrogen) atoms. The van der Waals surface area contributed by atoms with Crippen molar-refractivity contribution in [1.82, 2.24) is 15.1 Å². The molecule has 0 radical (unpaired) electrons. The molecule has 0 heterocycles. The molecule has 1 fully saturated rings. The second-order valence-corrected chi connectivity index (χ2v) is 7.89. The number of nitrogens with zero attached hydrogens (tertiary/aromatic N) is 2. The summed E-state index contributed by atoms with van der Waals surface area (Å²) in [6.45, 7) is 12.7. The van der Waals surface area contributed by atoms with Gasteiger partial charge in [0.2, 0.25) is 0 Å². The first-order valence-electron chi connectivity index (χ1n) is 8.88. The fourth-order valence-electron chi connectivity index (χ4n) is 3.66. The molecule has 0 aromatic rings. The highest BCUT2D eigenvalue weighted by atomic mass is 15.2. The Hall–Kier alpha value is -0.120. The number of hydrogen-bond donors (Lipinski definition) is 1. The molecular formula is C18H39N3. The van der Waals surface area contributed by atoms with Crippen LogP contribution in [0.1, 0.15) is 59.8 Å². The van der Waals surface area contributed by atoms with Crippen LogP contribution in [0.25, 0.3) is 0 Å². The molecule has 126 valence electrons. The van der Waals surface area contributed by atoms with Gasteiger partial charge in [-0.05, 0) is 58.7 Å². The Kier molecular flexibility index (Phi) is 7.15. The number of hydrogen-bond acceptors (Lipinski definition) is 3. The van der Waals surface area contributed by atoms with Crippen molar-refractivity contribution in [3.63, 3.8) is 0 Å². The van der Waals surface area contributed by atoms with Crippen LogP contribution < -0.4 is 5.32 Å². The lowest BCUT2D eigenvalue weighted by Gasteiger charge is -2.50. The maximum absolute atomic E-state index is 3.67. The molecule has 0 aromatic carbocycles. The molecule has 1 rings (SSSR count). The van der Waals surface area contributed by atoms with E-state index in [0.717, 1.165) is 6.54 Å². The van der Waals surface area contributed by atoms with Gasteiger partial charge in [-0.1, -0.05) is 27.7 Å². The summed E-state index contributed by atoms with van der Waals surface area (Å²) in [5.74, 6) is 0. The van der Waals surface area contributed by atoms with Crippen LogP contribution in [0.5, 0.6) is 0 Å². The Balaban J connectivity index is 2.61. The van der Waals surface area contributed by atoms with Crippen molar-refractivity contribution in [2.24, 2.45) is 5.41 Å². The first kappa shape index (κ1) is 18.9. The van der Waals surface area contributed by atoms with E-state index >= 15 is 0 Å². The normalized spacial score (nSPS) is 18.6. The number of rotatable bonds is 10. The average Bonchev–Trinajstić information content (AvgIpc) is 2.38. The van der Waals surface area contributed by atoms with Crippen molar-refractivity contribution in [1.29, 1.82) is 0 Å².